The first-order valence-electron chi connectivity index (χ1n) is 13.5. The highest BCUT2D eigenvalue weighted by Gasteiger charge is 2.31. The van der Waals surface area contributed by atoms with Crippen LogP contribution in [0.3, 0.4) is 0 Å². The van der Waals surface area contributed by atoms with Gasteiger partial charge in [-0.1, -0.05) is 60.7 Å². The number of esters is 1. The molecule has 1 amide bonds. The molecule has 0 bridgehead atoms. The standard InChI is InChI=1S/C33H36N2O4/c1-21-19-35(5)30-18-22(14-16-23(21)30)15-17-29(31(36)39-33(2,3)4)34-32(37)38-20-28-26-12-8-6-10-24(26)25-11-7-9-13-27(25)28/h6-14,16,18-19,28-29H,15,17,20H2,1-5H3,(H,34,37)/t29-/m0/s1. The molecule has 3 aromatic carbocycles. The molecule has 1 atom stereocenters. The van der Waals surface area contributed by atoms with E-state index in [0.29, 0.717) is 12.8 Å². The van der Waals surface area contributed by atoms with E-state index >= 15 is 0 Å². The van der Waals surface area contributed by atoms with Crippen molar-refractivity contribution in [1.29, 1.82) is 0 Å². The number of alkyl carbamates (subject to hydrolysis) is 1. The highest BCUT2D eigenvalue weighted by atomic mass is 16.6. The van der Waals surface area contributed by atoms with Crippen LogP contribution < -0.4 is 5.32 Å². The van der Waals surface area contributed by atoms with Crippen molar-refractivity contribution in [2.24, 2.45) is 7.05 Å². The third-order valence-corrected chi connectivity index (χ3v) is 7.30. The van der Waals surface area contributed by atoms with Crippen molar-refractivity contribution in [2.45, 2.75) is 58.1 Å². The number of hydrogen-bond acceptors (Lipinski definition) is 4. The van der Waals surface area contributed by atoms with Crippen LogP contribution in [0.4, 0.5) is 4.79 Å². The Kier molecular flexibility index (Phi) is 7.21. The maximum Gasteiger partial charge on any atom is 0.407 e. The van der Waals surface area contributed by atoms with Crippen molar-refractivity contribution in [3.8, 4) is 11.1 Å². The molecule has 1 aliphatic rings. The molecule has 6 heteroatoms. The Labute approximate surface area is 229 Å². The summed E-state index contributed by atoms with van der Waals surface area (Å²) in [6.07, 6.45) is 2.49. The van der Waals surface area contributed by atoms with Gasteiger partial charge >= 0.3 is 12.1 Å². The Morgan fingerprint density at radius 1 is 0.974 bits per heavy atom. The van der Waals surface area contributed by atoms with Crippen LogP contribution in [-0.4, -0.2) is 34.9 Å². The SMILES string of the molecule is Cc1cn(C)c2cc(CC[C@H](NC(=O)OCC3c4ccccc4-c4ccccc43)C(=O)OC(C)(C)C)ccc12. The third kappa shape index (κ3) is 5.70. The summed E-state index contributed by atoms with van der Waals surface area (Å²) >= 11 is 0. The van der Waals surface area contributed by atoms with Crippen molar-refractivity contribution >= 4 is 23.0 Å². The molecule has 1 heterocycles. The second-order valence-electron chi connectivity index (χ2n) is 11.4. The number of aromatic nitrogens is 1. The summed E-state index contributed by atoms with van der Waals surface area (Å²) in [6, 6.07) is 21.9. The van der Waals surface area contributed by atoms with Crippen LogP contribution in [0.25, 0.3) is 22.0 Å². The lowest BCUT2D eigenvalue weighted by molar-refractivity contribution is -0.157. The number of nitrogens with zero attached hydrogens (tertiary/aromatic N) is 1. The molecule has 5 rings (SSSR count). The van der Waals surface area contributed by atoms with Gasteiger partial charge < -0.3 is 19.4 Å². The van der Waals surface area contributed by atoms with Gasteiger partial charge in [-0.25, -0.2) is 9.59 Å². The zero-order valence-electron chi connectivity index (χ0n) is 23.3. The van der Waals surface area contributed by atoms with Crippen LogP contribution >= 0.6 is 0 Å². The zero-order chi connectivity index (χ0) is 27.7. The Hall–Kier alpha value is -4.06. The molecule has 0 radical (unpaired) electrons. The van der Waals surface area contributed by atoms with Crippen LogP contribution in [0.1, 0.15) is 55.4 Å². The van der Waals surface area contributed by atoms with E-state index in [1.165, 1.54) is 22.1 Å². The normalized spacial score (nSPS) is 13.6. The third-order valence-electron chi connectivity index (χ3n) is 7.30. The topological polar surface area (TPSA) is 69.6 Å². The first-order valence-corrected chi connectivity index (χ1v) is 13.5. The van der Waals surface area contributed by atoms with E-state index in [9.17, 15) is 9.59 Å². The van der Waals surface area contributed by atoms with E-state index in [4.69, 9.17) is 9.47 Å². The first kappa shape index (κ1) is 26.5. The number of nitrogens with one attached hydrogen (secondary N) is 1. The number of fused-ring (bicyclic) bond motifs is 4. The minimum atomic E-state index is -0.828. The van der Waals surface area contributed by atoms with E-state index in [-0.39, 0.29) is 12.5 Å². The van der Waals surface area contributed by atoms with E-state index in [2.05, 4.69) is 65.5 Å². The van der Waals surface area contributed by atoms with Crippen molar-refractivity contribution in [3.05, 3.63) is 95.2 Å². The highest BCUT2D eigenvalue weighted by Crippen LogP contribution is 2.44. The van der Waals surface area contributed by atoms with E-state index < -0.39 is 23.7 Å². The molecular weight excluding hydrogens is 488 g/mol. The van der Waals surface area contributed by atoms with Crippen LogP contribution in [-0.2, 0) is 27.7 Å². The van der Waals surface area contributed by atoms with Crippen LogP contribution in [0.5, 0.6) is 0 Å². The molecule has 202 valence electrons. The first-order chi connectivity index (χ1) is 18.6. The molecule has 39 heavy (non-hydrogen) atoms. The lowest BCUT2D eigenvalue weighted by atomic mass is 9.98. The fourth-order valence-corrected chi connectivity index (χ4v) is 5.50. The number of amides is 1. The van der Waals surface area contributed by atoms with Crippen molar-refractivity contribution < 1.29 is 19.1 Å². The van der Waals surface area contributed by atoms with E-state index in [1.54, 1.807) is 0 Å². The smallest absolute Gasteiger partial charge is 0.407 e. The molecule has 0 spiro atoms. The Morgan fingerprint density at radius 2 is 1.62 bits per heavy atom. The Balaban J connectivity index is 1.28. The van der Waals surface area contributed by atoms with Gasteiger partial charge in [-0.2, -0.15) is 0 Å². The number of aryl methyl sites for hydroxylation is 3. The molecule has 0 saturated carbocycles. The Bertz CT molecular complexity index is 1480. The maximum atomic E-state index is 13.1. The fraction of sp³-hybridized carbons (Fsp3) is 0.333. The van der Waals surface area contributed by atoms with Crippen LogP contribution in [0.15, 0.2) is 72.9 Å². The predicted octanol–water partition coefficient (Wildman–Crippen LogP) is 6.67. The monoisotopic (exact) mass is 524 g/mol. The van der Waals surface area contributed by atoms with Gasteiger partial charge in [0.2, 0.25) is 0 Å². The highest BCUT2D eigenvalue weighted by molar-refractivity contribution is 5.85. The summed E-state index contributed by atoms with van der Waals surface area (Å²) in [5.41, 5.74) is 7.40. The van der Waals surface area contributed by atoms with Gasteiger partial charge in [0.05, 0.1) is 0 Å². The van der Waals surface area contributed by atoms with Gasteiger partial charge in [-0.15, -0.1) is 0 Å². The number of benzene rings is 3. The summed E-state index contributed by atoms with van der Waals surface area (Å²) in [6.45, 7) is 7.74. The summed E-state index contributed by atoms with van der Waals surface area (Å²) in [5, 5.41) is 4.00. The molecule has 0 aliphatic heterocycles. The number of rotatable bonds is 7. The number of carbonyl (C=O) groups excluding carboxylic acids is 2. The van der Waals surface area contributed by atoms with E-state index in [1.807, 2.05) is 52.1 Å². The van der Waals surface area contributed by atoms with Crippen LogP contribution in [0, 0.1) is 6.92 Å². The summed E-state index contributed by atoms with van der Waals surface area (Å²) < 4.78 is 13.5. The lowest BCUT2D eigenvalue weighted by Crippen LogP contribution is -2.45. The molecule has 6 nitrogen and oxygen atoms in total. The Morgan fingerprint density at radius 3 is 2.26 bits per heavy atom. The molecule has 0 fully saturated rings. The quantitative estimate of drug-likeness (QED) is 0.274. The summed E-state index contributed by atoms with van der Waals surface area (Å²) in [7, 11) is 2.03. The summed E-state index contributed by atoms with van der Waals surface area (Å²) in [5.74, 6) is -0.518. The molecule has 1 aromatic heterocycles. The van der Waals surface area contributed by atoms with Gasteiger partial charge in [-0.3, -0.25) is 0 Å². The molecule has 4 aromatic rings. The van der Waals surface area contributed by atoms with Gasteiger partial charge in [0.25, 0.3) is 0 Å². The molecular formula is C33H36N2O4. The average Bonchev–Trinajstić information content (AvgIpc) is 3.37. The minimum Gasteiger partial charge on any atom is -0.458 e. The largest absolute Gasteiger partial charge is 0.458 e. The van der Waals surface area contributed by atoms with Crippen molar-refractivity contribution in [3.63, 3.8) is 0 Å². The number of ether oxygens (including phenoxy) is 2. The van der Waals surface area contributed by atoms with Crippen LogP contribution in [0.2, 0.25) is 0 Å². The van der Waals surface area contributed by atoms with Crippen molar-refractivity contribution in [2.75, 3.05) is 6.61 Å². The minimum absolute atomic E-state index is 0.0522. The van der Waals surface area contributed by atoms with Gasteiger partial charge in [0.15, 0.2) is 0 Å². The second kappa shape index (κ2) is 10.6. The fourth-order valence-electron chi connectivity index (χ4n) is 5.50. The summed E-state index contributed by atoms with van der Waals surface area (Å²) in [4.78, 5) is 26.1. The molecule has 1 aliphatic carbocycles. The molecule has 1 N–H and O–H groups in total. The van der Waals surface area contributed by atoms with Crippen molar-refractivity contribution in [1.82, 2.24) is 9.88 Å². The molecule has 0 saturated heterocycles. The second-order valence-corrected chi connectivity index (χ2v) is 11.4. The number of carbonyl (C=O) groups is 2. The molecule has 0 unspecified atom stereocenters. The van der Waals surface area contributed by atoms with Gasteiger partial charge in [0.1, 0.15) is 18.2 Å². The maximum absolute atomic E-state index is 13.1. The lowest BCUT2D eigenvalue weighted by Gasteiger charge is -2.25. The zero-order valence-corrected chi connectivity index (χ0v) is 23.3. The predicted molar refractivity (Wildman–Crippen MR) is 154 cm³/mol. The van der Waals surface area contributed by atoms with Gasteiger partial charge in [0, 0.05) is 30.1 Å². The average molecular weight is 525 g/mol. The number of hydrogen-bond donors (Lipinski definition) is 1. The van der Waals surface area contributed by atoms with E-state index in [0.717, 1.165) is 22.2 Å². The van der Waals surface area contributed by atoms with Gasteiger partial charge in [-0.05, 0) is 80.0 Å².